The second kappa shape index (κ2) is 10.7. The van der Waals surface area contributed by atoms with Gasteiger partial charge in [-0.3, -0.25) is 9.69 Å². The van der Waals surface area contributed by atoms with E-state index in [4.69, 9.17) is 0 Å². The van der Waals surface area contributed by atoms with Crippen molar-refractivity contribution in [3.05, 3.63) is 65.7 Å². The lowest BCUT2D eigenvalue weighted by Crippen LogP contribution is -2.41. The van der Waals surface area contributed by atoms with Gasteiger partial charge >= 0.3 is 0 Å². The minimum atomic E-state index is -0.222. The van der Waals surface area contributed by atoms with Gasteiger partial charge in [-0.1, -0.05) is 56.3 Å². The molecular formula is C23H33N3O. The first-order chi connectivity index (χ1) is 13.1. The maximum atomic E-state index is 12.9. The number of carbonyl (C=O) groups excluding carboxylic acids is 1. The van der Waals surface area contributed by atoms with Crippen molar-refractivity contribution in [2.45, 2.75) is 32.7 Å². The van der Waals surface area contributed by atoms with E-state index in [9.17, 15) is 4.79 Å². The molecule has 0 saturated carbocycles. The Labute approximate surface area is 164 Å². The van der Waals surface area contributed by atoms with Crippen LogP contribution < -0.4 is 10.2 Å². The molecule has 0 saturated heterocycles. The highest BCUT2D eigenvalue weighted by atomic mass is 16.2. The number of likely N-dealkylation sites (N-methyl/N-ethyl adjacent to an activating group) is 1. The quantitative estimate of drug-likeness (QED) is 0.647. The molecule has 0 aliphatic carbocycles. The Morgan fingerprint density at radius 1 is 0.963 bits per heavy atom. The summed E-state index contributed by atoms with van der Waals surface area (Å²) < 4.78 is 0. The van der Waals surface area contributed by atoms with Gasteiger partial charge in [-0.2, -0.15) is 0 Å². The van der Waals surface area contributed by atoms with Gasteiger partial charge in [0.1, 0.15) is 6.04 Å². The first-order valence-corrected chi connectivity index (χ1v) is 9.89. The maximum Gasteiger partial charge on any atom is 0.241 e. The predicted molar refractivity (Wildman–Crippen MR) is 114 cm³/mol. The van der Waals surface area contributed by atoms with Gasteiger partial charge in [-0.15, -0.1) is 0 Å². The topological polar surface area (TPSA) is 35.6 Å². The molecular weight excluding hydrogens is 334 g/mol. The van der Waals surface area contributed by atoms with Crippen LogP contribution in [0.5, 0.6) is 0 Å². The number of hydrogen-bond donors (Lipinski definition) is 1. The Balaban J connectivity index is 1.89. The highest BCUT2D eigenvalue weighted by Crippen LogP contribution is 2.20. The van der Waals surface area contributed by atoms with Gasteiger partial charge in [0.05, 0.1) is 0 Å². The van der Waals surface area contributed by atoms with E-state index in [1.54, 1.807) is 0 Å². The van der Waals surface area contributed by atoms with Gasteiger partial charge in [-0.05, 0) is 49.2 Å². The highest BCUT2D eigenvalue weighted by molar-refractivity contribution is 5.83. The van der Waals surface area contributed by atoms with Crippen LogP contribution in [0.15, 0.2) is 54.6 Å². The maximum absolute atomic E-state index is 12.9. The summed E-state index contributed by atoms with van der Waals surface area (Å²) in [5.74, 6) is 0.0906. The lowest BCUT2D eigenvalue weighted by atomic mass is 10.0. The lowest BCUT2D eigenvalue weighted by Gasteiger charge is -2.29. The molecule has 1 N–H and O–H groups in total. The van der Waals surface area contributed by atoms with Crippen LogP contribution in [0, 0.1) is 0 Å². The summed E-state index contributed by atoms with van der Waals surface area (Å²) in [5.41, 5.74) is 3.56. The average molecular weight is 368 g/mol. The Morgan fingerprint density at radius 2 is 1.59 bits per heavy atom. The molecule has 27 heavy (non-hydrogen) atoms. The van der Waals surface area contributed by atoms with Crippen molar-refractivity contribution in [1.82, 2.24) is 10.2 Å². The molecule has 1 unspecified atom stereocenters. The molecule has 2 rings (SSSR count). The molecule has 4 heteroatoms. The summed E-state index contributed by atoms with van der Waals surface area (Å²) in [6.07, 6.45) is 1.90. The standard InChI is InChI=1S/C23H33N3O/c1-5-26(6-2)22(20-12-8-7-9-13-20)23(27)24-18-10-11-19-14-16-21(17-15-19)25(3)4/h7-9,12-17,22H,5-6,10-11,18H2,1-4H3,(H,24,27). The Kier molecular flexibility index (Phi) is 8.34. The van der Waals surface area contributed by atoms with Gasteiger partial charge in [0.2, 0.25) is 5.91 Å². The fraction of sp³-hybridized carbons (Fsp3) is 0.435. The van der Waals surface area contributed by atoms with Crippen molar-refractivity contribution >= 4 is 11.6 Å². The second-order valence-corrected chi connectivity index (χ2v) is 6.99. The smallest absolute Gasteiger partial charge is 0.241 e. The molecule has 0 fully saturated rings. The molecule has 0 aliphatic rings. The number of benzene rings is 2. The number of aryl methyl sites for hydroxylation is 1. The molecule has 0 radical (unpaired) electrons. The molecule has 0 spiro atoms. The van der Waals surface area contributed by atoms with E-state index in [2.05, 4.69) is 53.2 Å². The molecule has 4 nitrogen and oxygen atoms in total. The molecule has 2 aromatic rings. The van der Waals surface area contributed by atoms with Crippen molar-refractivity contribution in [2.24, 2.45) is 0 Å². The number of anilines is 1. The van der Waals surface area contributed by atoms with E-state index in [0.29, 0.717) is 6.54 Å². The van der Waals surface area contributed by atoms with Crippen molar-refractivity contribution < 1.29 is 4.79 Å². The molecule has 0 heterocycles. The van der Waals surface area contributed by atoms with Crippen LogP contribution >= 0.6 is 0 Å². The van der Waals surface area contributed by atoms with Crippen LogP contribution in [0.25, 0.3) is 0 Å². The Hall–Kier alpha value is -2.33. The zero-order valence-corrected chi connectivity index (χ0v) is 17.1. The average Bonchev–Trinajstić information content (AvgIpc) is 2.70. The van der Waals surface area contributed by atoms with Crippen LogP contribution in [0.2, 0.25) is 0 Å². The van der Waals surface area contributed by atoms with Crippen molar-refractivity contribution in [1.29, 1.82) is 0 Å². The van der Waals surface area contributed by atoms with Gasteiger partial charge in [-0.25, -0.2) is 0 Å². The first-order valence-electron chi connectivity index (χ1n) is 9.89. The molecule has 2 aromatic carbocycles. The minimum Gasteiger partial charge on any atom is -0.378 e. The summed E-state index contributed by atoms with van der Waals surface area (Å²) in [5, 5.41) is 3.14. The summed E-state index contributed by atoms with van der Waals surface area (Å²) in [6.45, 7) is 6.59. The van der Waals surface area contributed by atoms with Crippen LogP contribution in [0.3, 0.4) is 0 Å². The van der Waals surface area contributed by atoms with Crippen LogP contribution in [-0.4, -0.2) is 44.5 Å². The van der Waals surface area contributed by atoms with E-state index in [-0.39, 0.29) is 11.9 Å². The monoisotopic (exact) mass is 367 g/mol. The lowest BCUT2D eigenvalue weighted by molar-refractivity contribution is -0.126. The van der Waals surface area contributed by atoms with Crippen LogP contribution in [0.1, 0.15) is 37.4 Å². The largest absolute Gasteiger partial charge is 0.378 e. The third-order valence-corrected chi connectivity index (χ3v) is 4.94. The normalized spacial score (nSPS) is 12.0. The zero-order valence-electron chi connectivity index (χ0n) is 17.1. The fourth-order valence-electron chi connectivity index (χ4n) is 3.31. The second-order valence-electron chi connectivity index (χ2n) is 6.99. The molecule has 146 valence electrons. The highest BCUT2D eigenvalue weighted by Gasteiger charge is 2.25. The minimum absolute atomic E-state index is 0.0906. The van der Waals surface area contributed by atoms with Gasteiger partial charge in [0.15, 0.2) is 0 Å². The summed E-state index contributed by atoms with van der Waals surface area (Å²) in [6, 6.07) is 18.4. The Bertz CT molecular complexity index is 679. The summed E-state index contributed by atoms with van der Waals surface area (Å²) >= 11 is 0. The molecule has 0 aromatic heterocycles. The Morgan fingerprint density at radius 3 is 2.15 bits per heavy atom. The van der Waals surface area contributed by atoms with Crippen molar-refractivity contribution in [2.75, 3.05) is 38.6 Å². The zero-order chi connectivity index (χ0) is 19.6. The van der Waals surface area contributed by atoms with E-state index in [1.165, 1.54) is 11.3 Å². The van der Waals surface area contributed by atoms with E-state index >= 15 is 0 Å². The third kappa shape index (κ3) is 6.10. The van der Waals surface area contributed by atoms with Gasteiger partial charge in [0, 0.05) is 26.3 Å². The number of amides is 1. The van der Waals surface area contributed by atoms with E-state index in [0.717, 1.165) is 31.5 Å². The van der Waals surface area contributed by atoms with Crippen LogP contribution in [-0.2, 0) is 11.2 Å². The van der Waals surface area contributed by atoms with Gasteiger partial charge in [0.25, 0.3) is 0 Å². The molecule has 1 amide bonds. The summed E-state index contributed by atoms with van der Waals surface area (Å²) in [4.78, 5) is 17.2. The fourth-order valence-corrected chi connectivity index (χ4v) is 3.31. The number of nitrogens with one attached hydrogen (secondary N) is 1. The van der Waals surface area contributed by atoms with Crippen molar-refractivity contribution in [3.63, 3.8) is 0 Å². The predicted octanol–water partition coefficient (Wildman–Crippen LogP) is 3.88. The molecule has 0 bridgehead atoms. The van der Waals surface area contributed by atoms with Gasteiger partial charge < -0.3 is 10.2 Å². The first kappa shape index (κ1) is 21.0. The number of nitrogens with zero attached hydrogens (tertiary/aromatic N) is 2. The SMILES string of the molecule is CCN(CC)C(C(=O)NCCCc1ccc(N(C)C)cc1)c1ccccc1. The third-order valence-electron chi connectivity index (χ3n) is 4.94. The molecule has 0 aliphatic heterocycles. The van der Waals surface area contributed by atoms with Crippen LogP contribution in [0.4, 0.5) is 5.69 Å². The molecule has 1 atom stereocenters. The van der Waals surface area contributed by atoms with E-state index in [1.807, 2.05) is 44.4 Å². The summed E-state index contributed by atoms with van der Waals surface area (Å²) in [7, 11) is 4.09. The van der Waals surface area contributed by atoms with Crippen molar-refractivity contribution in [3.8, 4) is 0 Å². The number of hydrogen-bond acceptors (Lipinski definition) is 3. The number of carbonyl (C=O) groups is 1. The van der Waals surface area contributed by atoms with E-state index < -0.39 is 0 Å². The number of rotatable bonds is 10.